The molecule has 1 atom stereocenters. The second kappa shape index (κ2) is 7.39. The average molecular weight is 193 g/mol. The molecule has 4 nitrogen and oxygen atoms in total. The highest BCUT2D eigenvalue weighted by Crippen LogP contribution is 2.03. The molecular formula is C7H15NO3S. The smallest absolute Gasteiger partial charge is 0.320 e. The Kier molecular flexibility index (Phi) is 7.23. The number of hydrogen-bond acceptors (Lipinski definition) is 4. The summed E-state index contributed by atoms with van der Waals surface area (Å²) in [6.45, 7) is 0.155. The Labute approximate surface area is 76.4 Å². The van der Waals surface area contributed by atoms with Crippen molar-refractivity contribution < 1.29 is 15.0 Å². The van der Waals surface area contributed by atoms with Crippen LogP contribution in [0.1, 0.15) is 6.42 Å². The van der Waals surface area contributed by atoms with E-state index in [9.17, 15) is 4.79 Å². The highest BCUT2D eigenvalue weighted by Gasteiger charge is 2.13. The minimum Gasteiger partial charge on any atom is -0.480 e. The molecule has 1 unspecified atom stereocenters. The molecule has 0 amide bonds. The number of rotatable bonds is 7. The molecule has 0 aromatic heterocycles. The monoisotopic (exact) mass is 193 g/mol. The van der Waals surface area contributed by atoms with E-state index in [1.807, 2.05) is 0 Å². The largest absolute Gasteiger partial charge is 0.480 e. The highest BCUT2D eigenvalue weighted by molar-refractivity contribution is 7.99. The molecule has 3 N–H and O–H groups in total. The van der Waals surface area contributed by atoms with Crippen molar-refractivity contribution in [1.29, 1.82) is 0 Å². The lowest BCUT2D eigenvalue weighted by Crippen LogP contribution is -2.34. The van der Waals surface area contributed by atoms with Crippen LogP contribution in [0.3, 0.4) is 0 Å². The number of nitrogens with one attached hydrogen (secondary N) is 1. The van der Waals surface area contributed by atoms with E-state index in [1.165, 1.54) is 0 Å². The SMILES string of the molecule is CNC(CCSCCO)C(=O)O. The number of likely N-dealkylation sites (N-methyl/N-ethyl adjacent to an activating group) is 1. The fraction of sp³-hybridized carbons (Fsp3) is 0.857. The molecule has 0 aliphatic carbocycles. The van der Waals surface area contributed by atoms with Gasteiger partial charge in [0.1, 0.15) is 6.04 Å². The summed E-state index contributed by atoms with van der Waals surface area (Å²) >= 11 is 1.56. The van der Waals surface area contributed by atoms with Crippen molar-refractivity contribution in [2.75, 3.05) is 25.2 Å². The van der Waals surface area contributed by atoms with Crippen LogP contribution in [-0.4, -0.2) is 47.4 Å². The normalized spacial score (nSPS) is 12.8. The first kappa shape index (κ1) is 11.7. The maximum Gasteiger partial charge on any atom is 0.320 e. The van der Waals surface area contributed by atoms with Gasteiger partial charge in [-0.1, -0.05) is 0 Å². The van der Waals surface area contributed by atoms with Crippen LogP contribution in [0, 0.1) is 0 Å². The second-order valence-corrected chi connectivity index (χ2v) is 3.53. The van der Waals surface area contributed by atoms with Crippen LogP contribution < -0.4 is 5.32 Å². The Hall–Kier alpha value is -0.260. The van der Waals surface area contributed by atoms with Gasteiger partial charge in [-0.3, -0.25) is 4.79 Å². The summed E-state index contributed by atoms with van der Waals surface area (Å²) in [7, 11) is 1.63. The van der Waals surface area contributed by atoms with E-state index in [1.54, 1.807) is 18.8 Å². The molecule has 0 heterocycles. The van der Waals surface area contributed by atoms with Gasteiger partial charge in [0.25, 0.3) is 0 Å². The summed E-state index contributed by atoms with van der Waals surface area (Å²) in [6, 6.07) is -0.462. The molecule has 0 fully saturated rings. The maximum absolute atomic E-state index is 10.5. The number of aliphatic hydroxyl groups excluding tert-OH is 1. The maximum atomic E-state index is 10.5. The number of aliphatic hydroxyl groups is 1. The van der Waals surface area contributed by atoms with E-state index in [0.717, 1.165) is 5.75 Å². The van der Waals surface area contributed by atoms with Gasteiger partial charge in [-0.2, -0.15) is 11.8 Å². The zero-order chi connectivity index (χ0) is 9.40. The fourth-order valence-electron chi connectivity index (χ4n) is 0.759. The minimum atomic E-state index is -0.818. The highest BCUT2D eigenvalue weighted by atomic mass is 32.2. The molecule has 0 saturated carbocycles. The second-order valence-electron chi connectivity index (χ2n) is 2.30. The van der Waals surface area contributed by atoms with Crippen molar-refractivity contribution in [1.82, 2.24) is 5.32 Å². The van der Waals surface area contributed by atoms with Crippen LogP contribution in [0.5, 0.6) is 0 Å². The Morgan fingerprint density at radius 3 is 2.67 bits per heavy atom. The first-order valence-electron chi connectivity index (χ1n) is 3.81. The molecule has 0 bridgehead atoms. The van der Waals surface area contributed by atoms with Gasteiger partial charge in [0.15, 0.2) is 0 Å². The lowest BCUT2D eigenvalue weighted by atomic mass is 10.2. The van der Waals surface area contributed by atoms with Crippen LogP contribution in [0.15, 0.2) is 0 Å². The van der Waals surface area contributed by atoms with Gasteiger partial charge < -0.3 is 15.5 Å². The molecule has 0 aliphatic heterocycles. The summed E-state index contributed by atoms with van der Waals surface area (Å²) in [5, 5.41) is 19.8. The van der Waals surface area contributed by atoms with Crippen LogP contribution in [0.25, 0.3) is 0 Å². The number of hydrogen-bond donors (Lipinski definition) is 3. The molecule has 0 aliphatic rings. The van der Waals surface area contributed by atoms with Gasteiger partial charge in [0, 0.05) is 5.75 Å². The quantitative estimate of drug-likeness (QED) is 0.487. The van der Waals surface area contributed by atoms with Crippen LogP contribution in [0.4, 0.5) is 0 Å². The first-order chi connectivity index (χ1) is 5.72. The molecule has 0 saturated heterocycles. The van der Waals surface area contributed by atoms with Crippen LogP contribution >= 0.6 is 11.8 Å². The topological polar surface area (TPSA) is 69.6 Å². The molecular weight excluding hydrogens is 178 g/mol. The molecule has 5 heteroatoms. The molecule has 0 rings (SSSR count). The summed E-state index contributed by atoms with van der Waals surface area (Å²) in [4.78, 5) is 10.5. The average Bonchev–Trinajstić information content (AvgIpc) is 2.04. The third kappa shape index (κ3) is 5.40. The number of carboxylic acid groups (broad SMARTS) is 1. The lowest BCUT2D eigenvalue weighted by Gasteiger charge is -2.09. The van der Waals surface area contributed by atoms with E-state index < -0.39 is 12.0 Å². The standard InChI is InChI=1S/C7H15NO3S/c1-8-6(7(10)11)2-4-12-5-3-9/h6,8-9H,2-5H2,1H3,(H,10,11). The van der Waals surface area contributed by atoms with Crippen molar-refractivity contribution in [2.45, 2.75) is 12.5 Å². The predicted octanol–water partition coefficient (Wildman–Crippen LogP) is -0.225. The summed E-state index contributed by atoms with van der Waals surface area (Å²) in [6.07, 6.45) is 0.594. The lowest BCUT2D eigenvalue weighted by molar-refractivity contribution is -0.139. The van der Waals surface area contributed by atoms with Gasteiger partial charge in [-0.25, -0.2) is 0 Å². The molecule has 0 radical (unpaired) electrons. The van der Waals surface area contributed by atoms with Gasteiger partial charge >= 0.3 is 5.97 Å². The van der Waals surface area contributed by atoms with E-state index in [4.69, 9.17) is 10.2 Å². The molecule has 0 aromatic rings. The predicted molar refractivity (Wildman–Crippen MR) is 49.5 cm³/mol. The Bertz CT molecular complexity index is 132. The fourth-order valence-corrected chi connectivity index (χ4v) is 1.49. The van der Waals surface area contributed by atoms with Gasteiger partial charge in [-0.05, 0) is 19.2 Å². The number of carboxylic acids is 1. The van der Waals surface area contributed by atoms with E-state index in [-0.39, 0.29) is 6.61 Å². The zero-order valence-corrected chi connectivity index (χ0v) is 7.93. The third-order valence-corrected chi connectivity index (χ3v) is 2.43. The van der Waals surface area contributed by atoms with Crippen molar-refractivity contribution in [3.63, 3.8) is 0 Å². The molecule has 0 spiro atoms. The Balaban J connectivity index is 3.38. The van der Waals surface area contributed by atoms with Gasteiger partial charge in [-0.15, -0.1) is 0 Å². The molecule has 72 valence electrons. The number of aliphatic carboxylic acids is 1. The zero-order valence-electron chi connectivity index (χ0n) is 7.12. The summed E-state index contributed by atoms with van der Waals surface area (Å²) < 4.78 is 0. The Morgan fingerprint density at radius 2 is 2.25 bits per heavy atom. The van der Waals surface area contributed by atoms with E-state index in [2.05, 4.69) is 5.32 Å². The van der Waals surface area contributed by atoms with Crippen molar-refractivity contribution in [2.24, 2.45) is 0 Å². The molecule has 0 aromatic carbocycles. The van der Waals surface area contributed by atoms with Crippen LogP contribution in [-0.2, 0) is 4.79 Å². The third-order valence-electron chi connectivity index (χ3n) is 1.43. The van der Waals surface area contributed by atoms with Crippen molar-refractivity contribution in [3.05, 3.63) is 0 Å². The van der Waals surface area contributed by atoms with E-state index in [0.29, 0.717) is 12.2 Å². The van der Waals surface area contributed by atoms with Crippen molar-refractivity contribution in [3.8, 4) is 0 Å². The van der Waals surface area contributed by atoms with E-state index >= 15 is 0 Å². The number of thioether (sulfide) groups is 1. The van der Waals surface area contributed by atoms with Gasteiger partial charge in [0.2, 0.25) is 0 Å². The summed E-state index contributed by atoms with van der Waals surface area (Å²) in [5.74, 6) is 0.621. The van der Waals surface area contributed by atoms with Gasteiger partial charge in [0.05, 0.1) is 6.61 Å². The Morgan fingerprint density at radius 1 is 1.58 bits per heavy atom. The van der Waals surface area contributed by atoms with Crippen molar-refractivity contribution >= 4 is 17.7 Å². The summed E-state index contributed by atoms with van der Waals surface area (Å²) in [5.41, 5.74) is 0. The number of carbonyl (C=O) groups is 1. The first-order valence-corrected chi connectivity index (χ1v) is 4.96. The molecule has 12 heavy (non-hydrogen) atoms. The van der Waals surface area contributed by atoms with Crippen LogP contribution in [0.2, 0.25) is 0 Å². The minimum absolute atomic E-state index is 0.155.